The van der Waals surface area contributed by atoms with Crippen LogP contribution in [0.2, 0.25) is 0 Å². The third-order valence-electron chi connectivity index (χ3n) is 2.74. The van der Waals surface area contributed by atoms with E-state index >= 15 is 0 Å². The quantitative estimate of drug-likeness (QED) is 0.756. The Hall–Kier alpha value is -2.50. The van der Waals surface area contributed by atoms with Crippen LogP contribution in [-0.4, -0.2) is 19.9 Å². The van der Waals surface area contributed by atoms with E-state index in [1.165, 1.54) is 12.1 Å². The molecule has 0 spiro atoms. The Morgan fingerprint density at radius 1 is 1.32 bits per heavy atom. The van der Waals surface area contributed by atoms with Gasteiger partial charge in [0.15, 0.2) is 11.5 Å². The summed E-state index contributed by atoms with van der Waals surface area (Å²) in [6, 6.07) is 6.45. The Morgan fingerprint density at radius 2 is 2.21 bits per heavy atom. The molecule has 0 unspecified atom stereocenters. The molecule has 0 aliphatic carbocycles. The number of benzene rings is 1. The molecule has 3 aromatic rings. The molecule has 0 radical (unpaired) electrons. The van der Waals surface area contributed by atoms with Crippen molar-refractivity contribution in [2.75, 3.05) is 5.32 Å². The molecule has 6 heteroatoms. The Morgan fingerprint density at radius 3 is 3.05 bits per heavy atom. The Bertz CT molecular complexity index is 722. The smallest absolute Gasteiger partial charge is 0.163 e. The molecule has 0 saturated heterocycles. The lowest BCUT2D eigenvalue weighted by atomic mass is 10.2. The van der Waals surface area contributed by atoms with E-state index in [0.717, 1.165) is 5.56 Å². The van der Waals surface area contributed by atoms with Gasteiger partial charge < -0.3 is 10.3 Å². The summed E-state index contributed by atoms with van der Waals surface area (Å²) in [4.78, 5) is 15.7. The summed E-state index contributed by atoms with van der Waals surface area (Å²) in [7, 11) is 0. The minimum Gasteiger partial charge on any atom is -0.364 e. The van der Waals surface area contributed by atoms with Crippen molar-refractivity contribution in [1.29, 1.82) is 0 Å². The molecule has 0 fully saturated rings. The minimum absolute atomic E-state index is 0.247. The van der Waals surface area contributed by atoms with Gasteiger partial charge in [0, 0.05) is 6.54 Å². The van der Waals surface area contributed by atoms with Crippen molar-refractivity contribution in [3.8, 4) is 0 Å². The fourth-order valence-electron chi connectivity index (χ4n) is 1.90. The normalized spacial score (nSPS) is 10.8. The number of H-pyrrole nitrogens is 1. The maximum atomic E-state index is 13.1. The fourth-order valence-corrected chi connectivity index (χ4v) is 1.90. The van der Waals surface area contributed by atoms with Crippen LogP contribution in [0.5, 0.6) is 0 Å². The van der Waals surface area contributed by atoms with E-state index in [1.54, 1.807) is 12.4 Å². The summed E-state index contributed by atoms with van der Waals surface area (Å²) >= 11 is 0. The van der Waals surface area contributed by atoms with Crippen molar-refractivity contribution in [2.45, 2.75) is 13.5 Å². The molecule has 0 atom stereocenters. The van der Waals surface area contributed by atoms with Crippen LogP contribution in [0.25, 0.3) is 11.2 Å². The number of hydrogen-bond acceptors (Lipinski definition) is 4. The number of halogens is 1. The van der Waals surface area contributed by atoms with Crippen molar-refractivity contribution in [3.63, 3.8) is 0 Å². The van der Waals surface area contributed by atoms with Crippen LogP contribution in [0.4, 0.5) is 10.2 Å². The molecule has 2 heterocycles. The van der Waals surface area contributed by atoms with E-state index < -0.39 is 0 Å². The predicted octanol–water partition coefficient (Wildman–Crippen LogP) is 2.41. The van der Waals surface area contributed by atoms with E-state index in [1.807, 2.05) is 13.0 Å². The molecule has 0 saturated carbocycles. The first kappa shape index (κ1) is 11.6. The second kappa shape index (κ2) is 4.64. The third-order valence-corrected chi connectivity index (χ3v) is 2.74. The van der Waals surface area contributed by atoms with Gasteiger partial charge >= 0.3 is 0 Å². The van der Waals surface area contributed by atoms with Crippen molar-refractivity contribution < 1.29 is 4.39 Å². The summed E-state index contributed by atoms with van der Waals surface area (Å²) in [6.07, 6.45) is 1.58. The molecule has 2 aromatic heterocycles. The van der Waals surface area contributed by atoms with Crippen LogP contribution in [-0.2, 0) is 6.54 Å². The number of hydrogen-bond donors (Lipinski definition) is 2. The SMILES string of the molecule is Cc1nc(NCc2cccc(F)c2)c2nc[nH]c2n1. The summed E-state index contributed by atoms with van der Waals surface area (Å²) in [5, 5.41) is 3.16. The molecule has 0 bridgehead atoms. The van der Waals surface area contributed by atoms with Gasteiger partial charge in [0.05, 0.1) is 6.33 Å². The number of nitrogens with zero attached hydrogens (tertiary/aromatic N) is 3. The van der Waals surface area contributed by atoms with Gasteiger partial charge in [0.1, 0.15) is 17.2 Å². The average Bonchev–Trinajstić information content (AvgIpc) is 2.84. The number of anilines is 1. The standard InChI is InChI=1S/C13H12FN5/c1-8-18-12(11-13(19-8)17-7-16-11)15-6-9-3-2-4-10(14)5-9/h2-5,7H,6H2,1H3,(H2,15,16,17,18,19). The third kappa shape index (κ3) is 2.37. The van der Waals surface area contributed by atoms with E-state index in [2.05, 4.69) is 25.3 Å². The Balaban J connectivity index is 1.87. The van der Waals surface area contributed by atoms with Crippen molar-refractivity contribution in [1.82, 2.24) is 19.9 Å². The maximum Gasteiger partial charge on any atom is 0.163 e. The number of nitrogens with one attached hydrogen (secondary N) is 2. The lowest BCUT2D eigenvalue weighted by molar-refractivity contribution is 0.626. The van der Waals surface area contributed by atoms with Crippen molar-refractivity contribution >= 4 is 17.0 Å². The second-order valence-corrected chi connectivity index (χ2v) is 4.20. The van der Waals surface area contributed by atoms with Crippen LogP contribution < -0.4 is 5.32 Å². The van der Waals surface area contributed by atoms with E-state index in [4.69, 9.17) is 0 Å². The highest BCUT2D eigenvalue weighted by molar-refractivity contribution is 5.82. The second-order valence-electron chi connectivity index (χ2n) is 4.20. The van der Waals surface area contributed by atoms with Gasteiger partial charge in [-0.25, -0.2) is 19.3 Å². The molecule has 3 rings (SSSR count). The first-order valence-corrected chi connectivity index (χ1v) is 5.88. The average molecular weight is 257 g/mol. The van der Waals surface area contributed by atoms with Crippen molar-refractivity contribution in [3.05, 3.63) is 47.8 Å². The number of imidazole rings is 1. The Labute approximate surface area is 108 Å². The topological polar surface area (TPSA) is 66.5 Å². The summed E-state index contributed by atoms with van der Waals surface area (Å²) in [6.45, 7) is 2.30. The monoisotopic (exact) mass is 257 g/mol. The highest BCUT2D eigenvalue weighted by Gasteiger charge is 2.07. The molecule has 0 aliphatic heterocycles. The zero-order valence-corrected chi connectivity index (χ0v) is 10.3. The number of aromatic amines is 1. The molecular formula is C13H12FN5. The molecular weight excluding hydrogens is 245 g/mol. The first-order chi connectivity index (χ1) is 9.22. The number of rotatable bonds is 3. The zero-order chi connectivity index (χ0) is 13.2. The fraction of sp³-hybridized carbons (Fsp3) is 0.154. The van der Waals surface area contributed by atoms with Gasteiger partial charge in [-0.2, -0.15) is 0 Å². The molecule has 0 amide bonds. The summed E-state index contributed by atoms with van der Waals surface area (Å²) in [5.74, 6) is 1.05. The van der Waals surface area contributed by atoms with Crippen molar-refractivity contribution in [2.24, 2.45) is 0 Å². The van der Waals surface area contributed by atoms with Crippen LogP contribution in [0.15, 0.2) is 30.6 Å². The van der Waals surface area contributed by atoms with Gasteiger partial charge in [-0.05, 0) is 24.6 Å². The van der Waals surface area contributed by atoms with Gasteiger partial charge in [-0.3, -0.25) is 0 Å². The van der Waals surface area contributed by atoms with Crippen LogP contribution in [0, 0.1) is 12.7 Å². The van der Waals surface area contributed by atoms with E-state index in [-0.39, 0.29) is 5.82 Å². The first-order valence-electron chi connectivity index (χ1n) is 5.88. The van der Waals surface area contributed by atoms with Gasteiger partial charge in [-0.1, -0.05) is 12.1 Å². The highest BCUT2D eigenvalue weighted by Crippen LogP contribution is 2.17. The predicted molar refractivity (Wildman–Crippen MR) is 70.1 cm³/mol. The van der Waals surface area contributed by atoms with Crippen LogP contribution in [0.3, 0.4) is 0 Å². The molecule has 5 nitrogen and oxygen atoms in total. The number of aromatic nitrogens is 4. The lowest BCUT2D eigenvalue weighted by Gasteiger charge is -2.07. The van der Waals surface area contributed by atoms with Gasteiger partial charge in [0.25, 0.3) is 0 Å². The van der Waals surface area contributed by atoms with E-state index in [0.29, 0.717) is 29.4 Å². The van der Waals surface area contributed by atoms with Gasteiger partial charge in [0.2, 0.25) is 0 Å². The van der Waals surface area contributed by atoms with E-state index in [9.17, 15) is 4.39 Å². The minimum atomic E-state index is -0.247. The lowest BCUT2D eigenvalue weighted by Crippen LogP contribution is -2.04. The van der Waals surface area contributed by atoms with Crippen LogP contribution >= 0.6 is 0 Å². The summed E-state index contributed by atoms with van der Waals surface area (Å²) in [5.41, 5.74) is 2.22. The number of aryl methyl sites for hydroxylation is 1. The zero-order valence-electron chi connectivity index (χ0n) is 10.3. The molecule has 0 aliphatic rings. The maximum absolute atomic E-state index is 13.1. The Kier molecular flexibility index (Phi) is 2.83. The molecule has 2 N–H and O–H groups in total. The van der Waals surface area contributed by atoms with Crippen LogP contribution in [0.1, 0.15) is 11.4 Å². The highest BCUT2D eigenvalue weighted by atomic mass is 19.1. The molecule has 1 aromatic carbocycles. The largest absolute Gasteiger partial charge is 0.364 e. The molecule has 96 valence electrons. The number of fused-ring (bicyclic) bond motifs is 1. The molecule has 19 heavy (non-hydrogen) atoms. The van der Waals surface area contributed by atoms with Gasteiger partial charge in [-0.15, -0.1) is 0 Å². The summed E-state index contributed by atoms with van der Waals surface area (Å²) < 4.78 is 13.1.